The fourth-order valence-corrected chi connectivity index (χ4v) is 1.02. The predicted octanol–water partition coefficient (Wildman–Crippen LogP) is -0.371. The van der Waals surface area contributed by atoms with Gasteiger partial charge in [-0.1, -0.05) is 13.3 Å². The minimum Gasteiger partial charge on any atom is -0.480 e. The highest BCUT2D eigenvalue weighted by molar-refractivity contribution is 5.86. The van der Waals surface area contributed by atoms with Crippen molar-refractivity contribution < 1.29 is 19.5 Å². The molecule has 0 fully saturated rings. The van der Waals surface area contributed by atoms with Gasteiger partial charge in [-0.2, -0.15) is 0 Å². The highest BCUT2D eigenvalue weighted by Crippen LogP contribution is 1.91. The van der Waals surface area contributed by atoms with Crippen LogP contribution in [-0.2, 0) is 9.59 Å². The maximum atomic E-state index is 11.4. The monoisotopic (exact) mass is 245 g/mol. The van der Waals surface area contributed by atoms with Crippen molar-refractivity contribution in [2.75, 3.05) is 26.7 Å². The minimum atomic E-state index is -1.12. The van der Waals surface area contributed by atoms with Gasteiger partial charge in [0.15, 0.2) is 0 Å². The van der Waals surface area contributed by atoms with E-state index in [0.29, 0.717) is 6.54 Å². The van der Waals surface area contributed by atoms with Crippen LogP contribution in [0.2, 0.25) is 0 Å². The van der Waals surface area contributed by atoms with Gasteiger partial charge in [0.2, 0.25) is 5.91 Å². The van der Waals surface area contributed by atoms with Gasteiger partial charge in [0.05, 0.1) is 6.54 Å². The Labute approximate surface area is 100 Å². The number of nitrogens with one attached hydrogen (secondary N) is 2. The number of hydrogen-bond donors (Lipinski definition) is 3. The molecule has 3 N–H and O–H groups in total. The average Bonchev–Trinajstić information content (AvgIpc) is 2.30. The van der Waals surface area contributed by atoms with E-state index in [2.05, 4.69) is 10.6 Å². The summed E-state index contributed by atoms with van der Waals surface area (Å²) in [6, 6.07) is -0.344. The molecule has 0 aromatic rings. The third-order valence-electron chi connectivity index (χ3n) is 2.03. The zero-order valence-electron chi connectivity index (χ0n) is 10.2. The van der Waals surface area contributed by atoms with Gasteiger partial charge in [0, 0.05) is 13.6 Å². The topological polar surface area (TPSA) is 98.7 Å². The second kappa shape index (κ2) is 8.37. The third kappa shape index (κ3) is 8.06. The number of amides is 3. The normalized spacial score (nSPS) is 9.53. The molecular weight excluding hydrogens is 226 g/mol. The first-order chi connectivity index (χ1) is 7.97. The second-order valence-corrected chi connectivity index (χ2v) is 3.60. The summed E-state index contributed by atoms with van der Waals surface area (Å²) < 4.78 is 0. The van der Waals surface area contributed by atoms with Crippen molar-refractivity contribution in [1.29, 1.82) is 0 Å². The van der Waals surface area contributed by atoms with Gasteiger partial charge < -0.3 is 20.6 Å². The van der Waals surface area contributed by atoms with Crippen molar-refractivity contribution in [3.63, 3.8) is 0 Å². The van der Waals surface area contributed by atoms with E-state index in [4.69, 9.17) is 5.11 Å². The van der Waals surface area contributed by atoms with Crippen LogP contribution < -0.4 is 10.6 Å². The summed E-state index contributed by atoms with van der Waals surface area (Å²) in [6.45, 7) is 1.98. The number of unbranched alkanes of at least 4 members (excludes halogenated alkanes) is 1. The molecule has 0 radical (unpaired) electrons. The van der Waals surface area contributed by atoms with Crippen LogP contribution >= 0.6 is 0 Å². The Morgan fingerprint density at radius 2 is 1.82 bits per heavy atom. The molecule has 0 bridgehead atoms. The first kappa shape index (κ1) is 15.2. The van der Waals surface area contributed by atoms with Gasteiger partial charge in [-0.15, -0.1) is 0 Å². The van der Waals surface area contributed by atoms with Crippen molar-refractivity contribution >= 4 is 17.9 Å². The van der Waals surface area contributed by atoms with E-state index >= 15 is 0 Å². The van der Waals surface area contributed by atoms with E-state index in [1.165, 1.54) is 4.90 Å². The van der Waals surface area contributed by atoms with Crippen LogP contribution in [-0.4, -0.2) is 54.6 Å². The van der Waals surface area contributed by atoms with Crippen LogP contribution in [0.15, 0.2) is 0 Å². The van der Waals surface area contributed by atoms with Crippen molar-refractivity contribution in [2.45, 2.75) is 19.8 Å². The summed E-state index contributed by atoms with van der Waals surface area (Å²) in [5, 5.41) is 12.9. The quantitative estimate of drug-likeness (QED) is 0.570. The number of carbonyl (C=O) groups is 3. The van der Waals surface area contributed by atoms with Gasteiger partial charge in [-0.05, 0) is 6.42 Å². The van der Waals surface area contributed by atoms with E-state index in [9.17, 15) is 14.4 Å². The molecule has 0 spiro atoms. The number of hydrogen-bond acceptors (Lipinski definition) is 3. The van der Waals surface area contributed by atoms with E-state index in [-0.39, 0.29) is 12.6 Å². The maximum absolute atomic E-state index is 11.4. The summed E-state index contributed by atoms with van der Waals surface area (Å²) in [5.41, 5.74) is 0. The zero-order chi connectivity index (χ0) is 13.3. The van der Waals surface area contributed by atoms with Gasteiger partial charge in [-0.3, -0.25) is 9.59 Å². The molecule has 0 saturated heterocycles. The number of nitrogens with zero attached hydrogens (tertiary/aromatic N) is 1. The molecular formula is C10H19N3O4. The molecule has 0 aliphatic heterocycles. The average molecular weight is 245 g/mol. The number of carbonyl (C=O) groups excluding carboxylic acids is 2. The Kier molecular flexibility index (Phi) is 7.49. The minimum absolute atomic E-state index is 0.220. The number of urea groups is 1. The Balaban J connectivity index is 3.75. The van der Waals surface area contributed by atoms with Gasteiger partial charge in [0.1, 0.15) is 6.54 Å². The molecule has 0 aromatic heterocycles. The standard InChI is InChI=1S/C10H19N3O4/c1-3-4-5-13(2)10(17)12-6-8(14)11-7-9(15)16/h3-7H2,1-2H3,(H,11,14)(H,12,17)(H,15,16). The Bertz CT molecular complexity index is 281. The Morgan fingerprint density at radius 3 is 2.35 bits per heavy atom. The maximum Gasteiger partial charge on any atom is 0.322 e. The number of rotatable bonds is 7. The van der Waals surface area contributed by atoms with E-state index < -0.39 is 18.4 Å². The Morgan fingerprint density at radius 1 is 1.18 bits per heavy atom. The molecule has 98 valence electrons. The van der Waals surface area contributed by atoms with Crippen molar-refractivity contribution in [1.82, 2.24) is 15.5 Å². The molecule has 0 aliphatic carbocycles. The zero-order valence-corrected chi connectivity index (χ0v) is 10.2. The Hall–Kier alpha value is -1.79. The molecule has 7 heteroatoms. The summed E-state index contributed by atoms with van der Waals surface area (Å²) in [7, 11) is 1.64. The van der Waals surface area contributed by atoms with Crippen LogP contribution in [0.1, 0.15) is 19.8 Å². The smallest absolute Gasteiger partial charge is 0.322 e. The van der Waals surface area contributed by atoms with Crippen LogP contribution in [0.25, 0.3) is 0 Å². The van der Waals surface area contributed by atoms with Crippen LogP contribution in [0.3, 0.4) is 0 Å². The van der Waals surface area contributed by atoms with E-state index in [1.807, 2.05) is 6.92 Å². The highest BCUT2D eigenvalue weighted by atomic mass is 16.4. The fraction of sp³-hybridized carbons (Fsp3) is 0.700. The largest absolute Gasteiger partial charge is 0.480 e. The molecule has 0 aromatic carbocycles. The molecule has 0 aliphatic rings. The van der Waals surface area contributed by atoms with Gasteiger partial charge >= 0.3 is 12.0 Å². The molecule has 0 unspecified atom stereocenters. The first-order valence-corrected chi connectivity index (χ1v) is 5.44. The fourth-order valence-electron chi connectivity index (χ4n) is 1.02. The summed E-state index contributed by atoms with van der Waals surface area (Å²) in [6.07, 6.45) is 1.88. The lowest BCUT2D eigenvalue weighted by atomic mass is 10.3. The van der Waals surface area contributed by atoms with E-state index in [1.54, 1.807) is 7.05 Å². The number of carboxylic acid groups (broad SMARTS) is 1. The van der Waals surface area contributed by atoms with Gasteiger partial charge in [-0.25, -0.2) is 4.79 Å². The SMILES string of the molecule is CCCCN(C)C(=O)NCC(=O)NCC(=O)O. The molecule has 0 saturated carbocycles. The summed E-state index contributed by atoms with van der Waals surface area (Å²) in [5.74, 6) is -1.64. The van der Waals surface area contributed by atoms with Crippen LogP contribution in [0.5, 0.6) is 0 Å². The molecule has 0 atom stereocenters. The van der Waals surface area contributed by atoms with Crippen molar-refractivity contribution in [3.8, 4) is 0 Å². The highest BCUT2D eigenvalue weighted by Gasteiger charge is 2.09. The van der Waals surface area contributed by atoms with Gasteiger partial charge in [0.25, 0.3) is 0 Å². The number of carboxylic acids is 1. The number of aliphatic carboxylic acids is 1. The molecule has 0 rings (SSSR count). The summed E-state index contributed by atoms with van der Waals surface area (Å²) >= 11 is 0. The van der Waals surface area contributed by atoms with E-state index in [0.717, 1.165) is 12.8 Å². The molecule has 0 heterocycles. The predicted molar refractivity (Wildman–Crippen MR) is 61.6 cm³/mol. The molecule has 17 heavy (non-hydrogen) atoms. The second-order valence-electron chi connectivity index (χ2n) is 3.60. The van der Waals surface area contributed by atoms with Crippen molar-refractivity contribution in [2.24, 2.45) is 0 Å². The summed E-state index contributed by atoms with van der Waals surface area (Å²) in [4.78, 5) is 34.1. The lowest BCUT2D eigenvalue weighted by Gasteiger charge is -2.17. The molecule has 7 nitrogen and oxygen atoms in total. The van der Waals surface area contributed by atoms with Crippen molar-refractivity contribution in [3.05, 3.63) is 0 Å². The van der Waals surface area contributed by atoms with Crippen LogP contribution in [0, 0.1) is 0 Å². The third-order valence-corrected chi connectivity index (χ3v) is 2.03. The lowest BCUT2D eigenvalue weighted by molar-refractivity contribution is -0.137. The lowest BCUT2D eigenvalue weighted by Crippen LogP contribution is -2.44. The molecule has 3 amide bonds. The van der Waals surface area contributed by atoms with Crippen LogP contribution in [0.4, 0.5) is 4.79 Å². The first-order valence-electron chi connectivity index (χ1n) is 5.44.